The quantitative estimate of drug-likeness (QED) is 0.903. The average molecular weight is 315 g/mol. The molecule has 2 heterocycles. The number of urea groups is 1. The number of aromatic nitrogens is 3. The van der Waals surface area contributed by atoms with Crippen LogP contribution in [0.15, 0.2) is 36.7 Å². The van der Waals surface area contributed by atoms with Gasteiger partial charge in [-0.15, -0.1) is 0 Å². The zero-order valence-corrected chi connectivity index (χ0v) is 13.1. The van der Waals surface area contributed by atoms with Crippen molar-refractivity contribution in [2.45, 2.75) is 31.4 Å². The number of benzene rings is 1. The number of anilines is 1. The fraction of sp³-hybridized carbons (Fsp3) is 0.438. The highest BCUT2D eigenvalue weighted by atomic mass is 16.3. The monoisotopic (exact) mass is 315 g/mol. The third-order valence-electron chi connectivity index (χ3n) is 4.25. The second kappa shape index (κ2) is 6.78. The highest BCUT2D eigenvalue weighted by Gasteiger charge is 2.31. The fourth-order valence-electron chi connectivity index (χ4n) is 2.99. The number of nitrogens with one attached hydrogen (secondary N) is 1. The molecule has 3 rings (SSSR count). The first kappa shape index (κ1) is 15.5. The predicted octanol–water partition coefficient (Wildman–Crippen LogP) is 1.94. The molecule has 1 aliphatic heterocycles. The van der Waals surface area contributed by atoms with E-state index in [-0.39, 0.29) is 12.1 Å². The number of rotatable bonds is 4. The smallest absolute Gasteiger partial charge is 0.324 e. The first-order chi connectivity index (χ1) is 11.1. The van der Waals surface area contributed by atoms with E-state index in [1.54, 1.807) is 11.9 Å². The van der Waals surface area contributed by atoms with Gasteiger partial charge in [0, 0.05) is 19.6 Å². The normalized spacial score (nSPS) is 18.9. The Morgan fingerprint density at radius 3 is 2.91 bits per heavy atom. The minimum Gasteiger partial charge on any atom is -0.388 e. The van der Waals surface area contributed by atoms with E-state index in [0.717, 1.165) is 18.4 Å². The van der Waals surface area contributed by atoms with Crippen LogP contribution in [0.5, 0.6) is 0 Å². The van der Waals surface area contributed by atoms with Gasteiger partial charge in [0.1, 0.15) is 6.33 Å². The van der Waals surface area contributed by atoms with E-state index >= 15 is 0 Å². The molecule has 2 amide bonds. The molecule has 1 aliphatic rings. The number of hydrogen-bond donors (Lipinski definition) is 2. The van der Waals surface area contributed by atoms with Crippen molar-refractivity contribution in [3.05, 3.63) is 42.2 Å². The summed E-state index contributed by atoms with van der Waals surface area (Å²) in [6, 6.07) is 9.39. The Hall–Kier alpha value is -2.41. The van der Waals surface area contributed by atoms with Gasteiger partial charge in [-0.1, -0.05) is 30.3 Å². The van der Waals surface area contributed by atoms with Crippen LogP contribution in [-0.4, -0.2) is 43.4 Å². The number of hydrogen-bond acceptors (Lipinski definition) is 4. The molecule has 2 atom stereocenters. The van der Waals surface area contributed by atoms with Crippen LogP contribution < -0.4 is 5.32 Å². The van der Waals surface area contributed by atoms with E-state index in [1.807, 2.05) is 30.3 Å². The van der Waals surface area contributed by atoms with Gasteiger partial charge < -0.3 is 10.0 Å². The molecule has 1 fully saturated rings. The van der Waals surface area contributed by atoms with Crippen LogP contribution in [0.25, 0.3) is 0 Å². The lowest BCUT2D eigenvalue weighted by Crippen LogP contribution is -2.40. The highest BCUT2D eigenvalue weighted by molar-refractivity contribution is 5.87. The summed E-state index contributed by atoms with van der Waals surface area (Å²) in [7, 11) is 1.73. The summed E-state index contributed by atoms with van der Waals surface area (Å²) in [5.74, 6) is 0.421. The van der Waals surface area contributed by atoms with Gasteiger partial charge in [0.05, 0.1) is 6.10 Å². The summed E-state index contributed by atoms with van der Waals surface area (Å²) in [4.78, 5) is 18.2. The van der Waals surface area contributed by atoms with Gasteiger partial charge in [0.25, 0.3) is 0 Å². The van der Waals surface area contributed by atoms with Gasteiger partial charge >= 0.3 is 6.03 Å². The van der Waals surface area contributed by atoms with Gasteiger partial charge in [-0.25, -0.2) is 9.48 Å². The third-order valence-corrected chi connectivity index (χ3v) is 4.25. The summed E-state index contributed by atoms with van der Waals surface area (Å²) in [5.41, 5.74) is 0.882. The minimum atomic E-state index is -0.565. The molecule has 0 radical (unpaired) electrons. The zero-order chi connectivity index (χ0) is 16.2. The number of aliphatic hydroxyl groups is 1. The van der Waals surface area contributed by atoms with Crippen LogP contribution in [-0.2, 0) is 7.05 Å². The largest absolute Gasteiger partial charge is 0.388 e. The summed E-state index contributed by atoms with van der Waals surface area (Å²) in [5, 5.41) is 17.1. The number of carbonyl (C=O) groups excluding carboxylic acids is 1. The molecule has 0 saturated carbocycles. The van der Waals surface area contributed by atoms with E-state index in [0.29, 0.717) is 18.9 Å². The molecule has 1 aromatic carbocycles. The Bertz CT molecular complexity index is 658. The summed E-state index contributed by atoms with van der Waals surface area (Å²) < 4.78 is 1.52. The average Bonchev–Trinajstić information content (AvgIpc) is 3.18. The number of aliphatic hydroxyl groups excluding tert-OH is 1. The number of amides is 2. The molecule has 0 bridgehead atoms. The van der Waals surface area contributed by atoms with Crippen molar-refractivity contribution in [2.75, 3.05) is 11.9 Å². The van der Waals surface area contributed by atoms with E-state index in [2.05, 4.69) is 15.4 Å². The molecule has 7 nitrogen and oxygen atoms in total. The van der Waals surface area contributed by atoms with E-state index in [4.69, 9.17) is 0 Å². The Morgan fingerprint density at radius 1 is 1.43 bits per heavy atom. The van der Waals surface area contributed by atoms with Crippen LogP contribution in [0.2, 0.25) is 0 Å². The third kappa shape index (κ3) is 3.50. The van der Waals surface area contributed by atoms with Gasteiger partial charge in [0.2, 0.25) is 5.95 Å². The van der Waals surface area contributed by atoms with Crippen molar-refractivity contribution >= 4 is 12.0 Å². The summed E-state index contributed by atoms with van der Waals surface area (Å²) in [6.45, 7) is 0.690. The molecular weight excluding hydrogens is 294 g/mol. The van der Waals surface area contributed by atoms with Crippen LogP contribution in [0, 0.1) is 0 Å². The maximum Gasteiger partial charge on any atom is 0.324 e. The summed E-state index contributed by atoms with van der Waals surface area (Å²) in [6.07, 6.45) is 3.21. The molecule has 7 heteroatoms. The Labute approximate surface area is 134 Å². The Balaban J connectivity index is 1.63. The maximum absolute atomic E-state index is 12.4. The van der Waals surface area contributed by atoms with Crippen molar-refractivity contribution in [3.8, 4) is 0 Å². The van der Waals surface area contributed by atoms with Crippen LogP contribution in [0.3, 0.4) is 0 Å². The van der Waals surface area contributed by atoms with Gasteiger partial charge in [-0.3, -0.25) is 5.32 Å². The molecular formula is C16H21N5O2. The van der Waals surface area contributed by atoms with Crippen LogP contribution in [0.1, 0.15) is 30.9 Å². The van der Waals surface area contributed by atoms with E-state index in [9.17, 15) is 9.90 Å². The topological polar surface area (TPSA) is 83.3 Å². The first-order valence-corrected chi connectivity index (χ1v) is 7.80. The molecule has 2 unspecified atom stereocenters. The van der Waals surface area contributed by atoms with Crippen molar-refractivity contribution in [1.29, 1.82) is 0 Å². The summed E-state index contributed by atoms with van der Waals surface area (Å²) >= 11 is 0. The molecule has 0 aliphatic carbocycles. The lowest BCUT2D eigenvalue weighted by atomic mass is 10.0. The number of carbonyl (C=O) groups is 1. The number of aryl methyl sites for hydroxylation is 1. The van der Waals surface area contributed by atoms with Crippen LogP contribution >= 0.6 is 0 Å². The Morgan fingerprint density at radius 2 is 2.22 bits per heavy atom. The van der Waals surface area contributed by atoms with Crippen molar-refractivity contribution in [2.24, 2.45) is 7.05 Å². The van der Waals surface area contributed by atoms with Crippen molar-refractivity contribution < 1.29 is 9.90 Å². The second-order valence-corrected chi connectivity index (χ2v) is 5.79. The van der Waals surface area contributed by atoms with Gasteiger partial charge in [0.15, 0.2) is 0 Å². The van der Waals surface area contributed by atoms with Gasteiger partial charge in [-0.05, 0) is 24.8 Å². The van der Waals surface area contributed by atoms with E-state index in [1.165, 1.54) is 11.0 Å². The number of likely N-dealkylation sites (tertiary alicyclic amines) is 1. The Kier molecular flexibility index (Phi) is 4.57. The van der Waals surface area contributed by atoms with Crippen molar-refractivity contribution in [3.63, 3.8) is 0 Å². The molecule has 23 heavy (non-hydrogen) atoms. The molecule has 2 aromatic rings. The molecule has 1 aromatic heterocycles. The van der Waals surface area contributed by atoms with Crippen molar-refractivity contribution in [1.82, 2.24) is 19.7 Å². The highest BCUT2D eigenvalue weighted by Crippen LogP contribution is 2.27. The second-order valence-electron chi connectivity index (χ2n) is 5.79. The standard InChI is InChI=1S/C16H21N5O2/c1-20-15(17-11-18-20)19-16(23)21-9-5-8-13(21)10-14(22)12-6-3-2-4-7-12/h2-4,6-7,11,13-14,22H,5,8-10H2,1H3,(H,17,18,19,23). The number of nitrogens with zero attached hydrogens (tertiary/aromatic N) is 4. The molecule has 0 spiro atoms. The zero-order valence-electron chi connectivity index (χ0n) is 13.1. The molecule has 122 valence electrons. The molecule has 1 saturated heterocycles. The predicted molar refractivity (Wildman–Crippen MR) is 85.8 cm³/mol. The lowest BCUT2D eigenvalue weighted by molar-refractivity contribution is 0.129. The first-order valence-electron chi connectivity index (χ1n) is 7.80. The van der Waals surface area contributed by atoms with Crippen LogP contribution in [0.4, 0.5) is 10.7 Å². The van der Waals surface area contributed by atoms with E-state index < -0.39 is 6.10 Å². The molecule has 2 N–H and O–H groups in total. The lowest BCUT2D eigenvalue weighted by Gasteiger charge is -2.26. The minimum absolute atomic E-state index is 0.0263. The fourth-order valence-corrected chi connectivity index (χ4v) is 2.99. The maximum atomic E-state index is 12.4. The SMILES string of the molecule is Cn1ncnc1NC(=O)N1CCCC1CC(O)c1ccccc1. The van der Waals surface area contributed by atoms with Gasteiger partial charge in [-0.2, -0.15) is 10.1 Å².